The Hall–Kier alpha value is -2.19. The van der Waals surface area contributed by atoms with Crippen LogP contribution in [0.2, 0.25) is 0 Å². The van der Waals surface area contributed by atoms with E-state index < -0.39 is 0 Å². The zero-order valence-electron chi connectivity index (χ0n) is 14.3. The van der Waals surface area contributed by atoms with Crippen molar-refractivity contribution in [3.63, 3.8) is 0 Å². The number of hydrogen-bond donors (Lipinski definition) is 1. The predicted molar refractivity (Wildman–Crippen MR) is 107 cm³/mol. The van der Waals surface area contributed by atoms with Crippen molar-refractivity contribution < 1.29 is 9.53 Å². The average molecular weight is 387 g/mol. The lowest BCUT2D eigenvalue weighted by Gasteiger charge is -2.02. The molecule has 1 aromatic heterocycles. The number of carbonyl (C=O) groups is 1. The Morgan fingerprint density at radius 2 is 2.35 bits per heavy atom. The number of ether oxygens (including phenoxy) is 1. The largest absolute Gasteiger partial charge is 0.493 e. The molecule has 134 valence electrons. The summed E-state index contributed by atoms with van der Waals surface area (Å²) in [5, 5.41) is 6.16. The van der Waals surface area contributed by atoms with Crippen molar-refractivity contribution in [1.82, 2.24) is 10.3 Å². The van der Waals surface area contributed by atoms with E-state index in [1.807, 2.05) is 12.1 Å². The van der Waals surface area contributed by atoms with E-state index in [0.717, 1.165) is 46.7 Å². The molecule has 0 saturated heterocycles. The van der Waals surface area contributed by atoms with Crippen LogP contribution in [0.4, 0.5) is 0 Å². The second kappa shape index (κ2) is 7.59. The van der Waals surface area contributed by atoms with Crippen molar-refractivity contribution >= 4 is 40.0 Å². The average Bonchev–Trinajstić information content (AvgIpc) is 3.39. The number of carbonyl (C=O) groups excluding carboxylic acids is 1. The molecule has 1 amide bonds. The van der Waals surface area contributed by atoms with E-state index in [1.54, 1.807) is 17.1 Å². The van der Waals surface area contributed by atoms with Gasteiger partial charge in [-0.05, 0) is 30.2 Å². The Kier molecular flexibility index (Phi) is 5.03. The summed E-state index contributed by atoms with van der Waals surface area (Å²) in [6.45, 7) is 3.26. The van der Waals surface area contributed by atoms with Gasteiger partial charge in [-0.25, -0.2) is 9.98 Å². The molecule has 1 aromatic carbocycles. The molecule has 4 rings (SSSR count). The third kappa shape index (κ3) is 3.66. The van der Waals surface area contributed by atoms with Gasteiger partial charge in [0.2, 0.25) is 0 Å². The Balaban J connectivity index is 1.42. The molecule has 0 spiro atoms. The van der Waals surface area contributed by atoms with Gasteiger partial charge in [-0.15, -0.1) is 11.3 Å². The number of amides is 1. The monoisotopic (exact) mass is 386 g/mol. The van der Waals surface area contributed by atoms with E-state index in [0.29, 0.717) is 18.1 Å². The smallest absolute Gasteiger partial charge is 0.276 e. The van der Waals surface area contributed by atoms with Gasteiger partial charge in [0.15, 0.2) is 5.17 Å². The Morgan fingerprint density at radius 3 is 3.23 bits per heavy atom. The van der Waals surface area contributed by atoms with Gasteiger partial charge in [-0.3, -0.25) is 9.79 Å². The van der Waals surface area contributed by atoms with Gasteiger partial charge in [0.25, 0.3) is 5.91 Å². The number of fused-ring (bicyclic) bond motifs is 1. The van der Waals surface area contributed by atoms with Gasteiger partial charge < -0.3 is 10.1 Å². The number of nitrogens with zero attached hydrogens (tertiary/aromatic N) is 3. The first kappa shape index (κ1) is 17.2. The molecule has 0 aliphatic carbocycles. The number of rotatable bonds is 4. The van der Waals surface area contributed by atoms with E-state index in [1.165, 1.54) is 16.9 Å². The Bertz CT molecular complexity index is 904. The molecule has 2 aliphatic heterocycles. The fourth-order valence-corrected chi connectivity index (χ4v) is 4.21. The van der Waals surface area contributed by atoms with E-state index in [2.05, 4.69) is 33.3 Å². The fourth-order valence-electron chi connectivity index (χ4n) is 2.69. The number of amidine groups is 2. The van der Waals surface area contributed by atoms with Gasteiger partial charge in [0.05, 0.1) is 6.61 Å². The van der Waals surface area contributed by atoms with E-state index in [9.17, 15) is 4.79 Å². The van der Waals surface area contributed by atoms with Crippen LogP contribution in [0.1, 0.15) is 29.4 Å². The number of aromatic nitrogens is 1. The minimum absolute atomic E-state index is 0.243. The van der Waals surface area contributed by atoms with Crippen LogP contribution in [-0.4, -0.2) is 40.8 Å². The van der Waals surface area contributed by atoms with Crippen LogP contribution in [0.3, 0.4) is 0 Å². The molecule has 0 radical (unpaired) electrons. The Labute approximate surface area is 159 Å². The SMILES string of the molecule is CCCSC1=NCC(NC(=O)c2csc(-c3ccc4c(c3)CCO4)n2)=N1. The summed E-state index contributed by atoms with van der Waals surface area (Å²) in [4.78, 5) is 25.6. The van der Waals surface area contributed by atoms with Gasteiger partial charge in [-0.2, -0.15) is 0 Å². The first-order valence-corrected chi connectivity index (χ1v) is 10.4. The topological polar surface area (TPSA) is 75.9 Å². The quantitative estimate of drug-likeness (QED) is 0.874. The third-order valence-electron chi connectivity index (χ3n) is 3.96. The molecule has 2 aromatic rings. The highest BCUT2D eigenvalue weighted by molar-refractivity contribution is 8.13. The number of thioether (sulfide) groups is 1. The van der Waals surface area contributed by atoms with Gasteiger partial charge in [0, 0.05) is 23.1 Å². The van der Waals surface area contributed by atoms with Crippen LogP contribution in [0, 0.1) is 0 Å². The number of thiazole rings is 1. The maximum atomic E-state index is 12.4. The normalized spacial score (nSPS) is 15.3. The number of hydrogen-bond acceptors (Lipinski definition) is 7. The van der Waals surface area contributed by atoms with Crippen LogP contribution < -0.4 is 10.1 Å². The zero-order chi connectivity index (χ0) is 17.9. The highest BCUT2D eigenvalue weighted by Crippen LogP contribution is 2.31. The summed E-state index contributed by atoms with van der Waals surface area (Å²) in [6.07, 6.45) is 1.98. The summed E-state index contributed by atoms with van der Waals surface area (Å²) in [7, 11) is 0. The fraction of sp³-hybridized carbons (Fsp3) is 0.333. The van der Waals surface area contributed by atoms with Crippen molar-refractivity contribution in [2.45, 2.75) is 19.8 Å². The van der Waals surface area contributed by atoms with Crippen molar-refractivity contribution in [2.75, 3.05) is 18.9 Å². The molecule has 8 heteroatoms. The van der Waals surface area contributed by atoms with E-state index in [-0.39, 0.29) is 5.91 Å². The van der Waals surface area contributed by atoms with Crippen LogP contribution in [0.25, 0.3) is 10.6 Å². The maximum Gasteiger partial charge on any atom is 0.276 e. The summed E-state index contributed by atoms with van der Waals surface area (Å²) in [5.41, 5.74) is 2.61. The molecule has 6 nitrogen and oxygen atoms in total. The van der Waals surface area contributed by atoms with Crippen molar-refractivity contribution in [1.29, 1.82) is 0 Å². The van der Waals surface area contributed by atoms with Crippen LogP contribution in [-0.2, 0) is 6.42 Å². The minimum Gasteiger partial charge on any atom is -0.493 e. The minimum atomic E-state index is -0.243. The van der Waals surface area contributed by atoms with Gasteiger partial charge >= 0.3 is 0 Å². The molecule has 26 heavy (non-hydrogen) atoms. The number of nitrogens with one attached hydrogen (secondary N) is 1. The third-order valence-corrected chi connectivity index (χ3v) is 5.94. The van der Waals surface area contributed by atoms with Crippen molar-refractivity contribution in [3.8, 4) is 16.3 Å². The standard InChI is InChI=1S/C18H18N4O2S2/c1-2-7-25-18-19-9-15(22-18)21-16(23)13-10-26-17(20-13)12-3-4-14-11(8-12)5-6-24-14/h3-4,8,10H,2,5-7,9H2,1H3,(H,19,21,22,23). The molecule has 0 fully saturated rings. The number of aliphatic imine (C=N–C) groups is 2. The first-order chi connectivity index (χ1) is 12.7. The summed E-state index contributed by atoms with van der Waals surface area (Å²) in [6, 6.07) is 6.05. The molecule has 2 aliphatic rings. The molecule has 0 unspecified atom stereocenters. The van der Waals surface area contributed by atoms with Crippen LogP contribution in [0.5, 0.6) is 5.75 Å². The van der Waals surface area contributed by atoms with E-state index >= 15 is 0 Å². The van der Waals surface area contributed by atoms with Crippen LogP contribution in [0.15, 0.2) is 33.6 Å². The van der Waals surface area contributed by atoms with Crippen molar-refractivity contribution in [3.05, 3.63) is 34.8 Å². The second-order valence-electron chi connectivity index (χ2n) is 5.92. The highest BCUT2D eigenvalue weighted by Gasteiger charge is 2.18. The molecule has 1 N–H and O–H groups in total. The van der Waals surface area contributed by atoms with Crippen LogP contribution >= 0.6 is 23.1 Å². The Morgan fingerprint density at radius 1 is 1.42 bits per heavy atom. The molecule has 0 atom stereocenters. The maximum absolute atomic E-state index is 12.4. The van der Waals surface area contributed by atoms with Gasteiger partial charge in [-0.1, -0.05) is 18.7 Å². The number of benzene rings is 1. The van der Waals surface area contributed by atoms with Crippen molar-refractivity contribution in [2.24, 2.45) is 9.98 Å². The lowest BCUT2D eigenvalue weighted by atomic mass is 10.1. The first-order valence-electron chi connectivity index (χ1n) is 8.50. The summed E-state index contributed by atoms with van der Waals surface area (Å²) >= 11 is 3.07. The summed E-state index contributed by atoms with van der Waals surface area (Å²) < 4.78 is 5.53. The second-order valence-corrected chi connectivity index (χ2v) is 7.84. The predicted octanol–water partition coefficient (Wildman–Crippen LogP) is 3.39. The molecule has 0 saturated carbocycles. The lowest BCUT2D eigenvalue weighted by molar-refractivity contribution is 0.0972. The molecular formula is C18H18N4O2S2. The molecular weight excluding hydrogens is 368 g/mol. The zero-order valence-corrected chi connectivity index (χ0v) is 16.0. The highest BCUT2D eigenvalue weighted by atomic mass is 32.2. The molecule has 3 heterocycles. The van der Waals surface area contributed by atoms with Gasteiger partial charge in [0.1, 0.15) is 28.8 Å². The molecule has 0 bridgehead atoms. The van der Waals surface area contributed by atoms with E-state index in [4.69, 9.17) is 4.74 Å². The summed E-state index contributed by atoms with van der Waals surface area (Å²) in [5.74, 6) is 2.26. The lowest BCUT2D eigenvalue weighted by Crippen LogP contribution is -2.31.